The number of rotatable bonds is 7. The molecule has 1 aromatic carbocycles. The Kier molecular flexibility index (Phi) is 6.61. The van der Waals surface area contributed by atoms with E-state index in [9.17, 15) is 14.4 Å². The third kappa shape index (κ3) is 5.10. The lowest BCUT2D eigenvalue weighted by Gasteiger charge is -2.16. The summed E-state index contributed by atoms with van der Waals surface area (Å²) in [5.41, 5.74) is 10.1. The number of nitrogens with zero attached hydrogens (tertiary/aromatic N) is 5. The molecule has 10 nitrogen and oxygen atoms in total. The molecule has 4 aromatic heterocycles. The van der Waals surface area contributed by atoms with Crippen molar-refractivity contribution in [1.29, 1.82) is 5.26 Å². The predicted octanol–water partition coefficient (Wildman–Crippen LogP) is 4.11. The number of benzene rings is 1. The lowest BCUT2D eigenvalue weighted by molar-refractivity contribution is 0.0940. The van der Waals surface area contributed by atoms with Crippen molar-refractivity contribution in [2.45, 2.75) is 19.5 Å². The van der Waals surface area contributed by atoms with E-state index in [0.29, 0.717) is 23.8 Å². The van der Waals surface area contributed by atoms with Gasteiger partial charge in [0.1, 0.15) is 17.7 Å². The molecule has 0 spiro atoms. The van der Waals surface area contributed by atoms with E-state index < -0.39 is 5.91 Å². The van der Waals surface area contributed by atoms with Crippen molar-refractivity contribution in [3.63, 3.8) is 0 Å². The van der Waals surface area contributed by atoms with Crippen LogP contribution in [0.3, 0.4) is 0 Å². The fourth-order valence-corrected chi connectivity index (χ4v) is 3.90. The third-order valence-electron chi connectivity index (χ3n) is 6.01. The monoisotopic (exact) mass is 507 g/mol. The minimum Gasteiger partial charge on any atom is -0.382 e. The van der Waals surface area contributed by atoms with E-state index in [2.05, 4.69) is 35.8 Å². The van der Waals surface area contributed by atoms with Crippen molar-refractivity contribution in [3.05, 3.63) is 95.2 Å². The number of carbonyl (C=O) groups is 1. The molecule has 1 amide bonds. The molecule has 0 saturated carbocycles. The van der Waals surface area contributed by atoms with E-state index in [0.717, 1.165) is 27.8 Å². The number of amides is 1. The van der Waals surface area contributed by atoms with Crippen LogP contribution in [-0.2, 0) is 6.54 Å². The summed E-state index contributed by atoms with van der Waals surface area (Å²) in [7, 11) is 0. The normalized spacial score (nSPS) is 11.6. The number of H-pyrrole nitrogens is 1. The van der Waals surface area contributed by atoms with Crippen LogP contribution >= 0.6 is 0 Å². The summed E-state index contributed by atoms with van der Waals surface area (Å²) in [6.45, 7) is 2.13. The van der Waals surface area contributed by atoms with Gasteiger partial charge in [-0.2, -0.15) is 10.4 Å². The van der Waals surface area contributed by atoms with Gasteiger partial charge in [0.25, 0.3) is 5.91 Å². The quantitative estimate of drug-likeness (QED) is 0.256. The van der Waals surface area contributed by atoms with Crippen LogP contribution < -0.4 is 16.4 Å². The van der Waals surface area contributed by atoms with Gasteiger partial charge in [0.2, 0.25) is 0 Å². The molecule has 5 rings (SSSR count). The zero-order valence-corrected chi connectivity index (χ0v) is 20.2. The van der Waals surface area contributed by atoms with E-state index in [1.165, 1.54) is 24.4 Å². The second-order valence-corrected chi connectivity index (χ2v) is 8.61. The second-order valence-electron chi connectivity index (χ2n) is 8.61. The Morgan fingerprint density at radius 2 is 1.92 bits per heavy atom. The molecule has 0 bridgehead atoms. The molecule has 11 heteroatoms. The van der Waals surface area contributed by atoms with Crippen molar-refractivity contribution >= 4 is 28.6 Å². The molecular formula is C27H22FN9O. The van der Waals surface area contributed by atoms with Crippen LogP contribution in [0.2, 0.25) is 0 Å². The van der Waals surface area contributed by atoms with Gasteiger partial charge in [-0.15, -0.1) is 0 Å². The molecule has 0 radical (unpaired) electrons. The highest BCUT2D eigenvalue weighted by atomic mass is 19.1. The molecule has 5 aromatic rings. The Morgan fingerprint density at radius 1 is 1.11 bits per heavy atom. The highest BCUT2D eigenvalue weighted by Crippen LogP contribution is 2.24. The molecule has 0 aliphatic rings. The maximum absolute atomic E-state index is 13.3. The second kappa shape index (κ2) is 10.3. The summed E-state index contributed by atoms with van der Waals surface area (Å²) in [6.07, 6.45) is 4.80. The van der Waals surface area contributed by atoms with Crippen LogP contribution in [0.5, 0.6) is 0 Å². The predicted molar refractivity (Wildman–Crippen MR) is 140 cm³/mol. The van der Waals surface area contributed by atoms with E-state index in [4.69, 9.17) is 5.73 Å². The van der Waals surface area contributed by atoms with Gasteiger partial charge in [-0.25, -0.2) is 14.4 Å². The molecule has 1 atom stereocenters. The van der Waals surface area contributed by atoms with Gasteiger partial charge in [-0.3, -0.25) is 14.9 Å². The van der Waals surface area contributed by atoms with Gasteiger partial charge in [-0.1, -0.05) is 18.2 Å². The summed E-state index contributed by atoms with van der Waals surface area (Å²) < 4.78 is 13.3. The average Bonchev–Trinajstić information content (AvgIpc) is 3.32. The van der Waals surface area contributed by atoms with Gasteiger partial charge in [-0.05, 0) is 48.4 Å². The Balaban J connectivity index is 1.30. The van der Waals surface area contributed by atoms with Gasteiger partial charge in [0.05, 0.1) is 28.2 Å². The number of hydrogen-bond donors (Lipinski definition) is 4. The number of aromatic amines is 1. The number of nitrogens with one attached hydrogen (secondary N) is 3. The lowest BCUT2D eigenvalue weighted by Crippen LogP contribution is -2.28. The van der Waals surface area contributed by atoms with E-state index in [-0.39, 0.29) is 23.0 Å². The van der Waals surface area contributed by atoms with Gasteiger partial charge < -0.3 is 16.4 Å². The van der Waals surface area contributed by atoms with Crippen molar-refractivity contribution in [2.75, 3.05) is 11.1 Å². The third-order valence-corrected chi connectivity index (χ3v) is 6.01. The topological polar surface area (TPSA) is 158 Å². The fraction of sp³-hybridized carbons (Fsp3) is 0.111. The largest absolute Gasteiger partial charge is 0.382 e. The molecule has 5 N–H and O–H groups in total. The van der Waals surface area contributed by atoms with Crippen LogP contribution in [0.4, 0.5) is 16.0 Å². The number of halogens is 1. The number of hydrogen-bond acceptors (Lipinski definition) is 8. The number of nitrogen functional groups attached to an aromatic ring is 1. The minimum absolute atomic E-state index is 0.222. The van der Waals surface area contributed by atoms with Crippen LogP contribution in [0, 0.1) is 17.1 Å². The van der Waals surface area contributed by atoms with Crippen molar-refractivity contribution in [1.82, 2.24) is 30.5 Å². The number of nitriles is 1. The first-order chi connectivity index (χ1) is 18.4. The smallest absolute Gasteiger partial charge is 0.255 e. The fourth-order valence-electron chi connectivity index (χ4n) is 3.90. The highest BCUT2D eigenvalue weighted by molar-refractivity contribution is 5.99. The number of anilines is 2. The molecule has 0 saturated heterocycles. The van der Waals surface area contributed by atoms with Crippen LogP contribution in [0.25, 0.3) is 22.3 Å². The van der Waals surface area contributed by atoms with Gasteiger partial charge in [0.15, 0.2) is 11.5 Å². The number of pyridine rings is 3. The standard InChI is InChI=1S/C27H22FN9O/c1-15(18-3-5-20(28)6-4-18)35-27(38)22-8-17(10-29)13-33-25(22)32-12-16-2-7-23(31-11-16)19-9-21-24(30)36-37-26(21)34-14-19/h2-9,11,13-15H,12H2,1H3,(H,32,33)(H,35,38)(H3,30,34,36,37)/t15-/m0/s1. The number of fused-ring (bicyclic) bond motifs is 1. The molecule has 0 unspecified atom stereocenters. The molecule has 0 aliphatic heterocycles. The number of carbonyl (C=O) groups excluding carboxylic acids is 1. The molecular weight excluding hydrogens is 485 g/mol. The van der Waals surface area contributed by atoms with Gasteiger partial charge >= 0.3 is 0 Å². The van der Waals surface area contributed by atoms with E-state index >= 15 is 0 Å². The maximum Gasteiger partial charge on any atom is 0.255 e. The molecule has 0 aliphatic carbocycles. The number of aromatic nitrogens is 5. The highest BCUT2D eigenvalue weighted by Gasteiger charge is 2.17. The summed E-state index contributed by atoms with van der Waals surface area (Å²) in [4.78, 5) is 26.2. The minimum atomic E-state index is -0.413. The van der Waals surface area contributed by atoms with Gasteiger partial charge in [0, 0.05) is 30.7 Å². The Hall–Kier alpha value is -5.37. The SMILES string of the molecule is C[C@H](NC(=O)c1cc(C#N)cnc1NCc1ccc(-c2cnc3[nH]nc(N)c3c2)nc1)c1ccc(F)cc1. The van der Waals surface area contributed by atoms with E-state index in [1.54, 1.807) is 31.5 Å². The molecule has 4 heterocycles. The Labute approximate surface area is 216 Å². The zero-order valence-electron chi connectivity index (χ0n) is 20.2. The van der Waals surface area contributed by atoms with Crippen molar-refractivity contribution in [3.8, 4) is 17.3 Å². The summed E-state index contributed by atoms with van der Waals surface area (Å²) in [5.74, 6) is -0.0737. The summed E-state index contributed by atoms with van der Waals surface area (Å²) in [6, 6.07) is 14.6. The van der Waals surface area contributed by atoms with Crippen LogP contribution in [0.15, 0.2) is 67.1 Å². The zero-order chi connectivity index (χ0) is 26.6. The first kappa shape index (κ1) is 24.3. The first-order valence-corrected chi connectivity index (χ1v) is 11.7. The lowest BCUT2D eigenvalue weighted by atomic mass is 10.1. The van der Waals surface area contributed by atoms with Crippen molar-refractivity contribution in [2.24, 2.45) is 0 Å². The van der Waals surface area contributed by atoms with E-state index in [1.807, 2.05) is 24.3 Å². The maximum atomic E-state index is 13.3. The number of nitrogens with two attached hydrogens (primary N) is 1. The Morgan fingerprint density at radius 3 is 2.66 bits per heavy atom. The Bertz CT molecular complexity index is 1660. The summed E-state index contributed by atoms with van der Waals surface area (Å²) >= 11 is 0. The van der Waals surface area contributed by atoms with Crippen molar-refractivity contribution < 1.29 is 9.18 Å². The average molecular weight is 508 g/mol. The molecule has 0 fully saturated rings. The molecule has 188 valence electrons. The summed E-state index contributed by atoms with van der Waals surface area (Å²) in [5, 5.41) is 22.8. The first-order valence-electron chi connectivity index (χ1n) is 11.7. The van der Waals surface area contributed by atoms with Crippen LogP contribution in [0.1, 0.15) is 40.0 Å². The van der Waals surface area contributed by atoms with Crippen LogP contribution in [-0.4, -0.2) is 31.1 Å². The molecule has 38 heavy (non-hydrogen) atoms.